The van der Waals surface area contributed by atoms with Gasteiger partial charge < -0.3 is 4.74 Å². The molecule has 0 N–H and O–H groups in total. The Balaban J connectivity index is 2.52. The van der Waals surface area contributed by atoms with Crippen LogP contribution in [0.4, 0.5) is 0 Å². The van der Waals surface area contributed by atoms with Crippen molar-refractivity contribution in [3.8, 4) is 5.75 Å². The Kier molecular flexibility index (Phi) is 2.71. The van der Waals surface area contributed by atoms with Crippen molar-refractivity contribution in [3.05, 3.63) is 21.0 Å². The zero-order valence-electron chi connectivity index (χ0n) is 7.64. The summed E-state index contributed by atoms with van der Waals surface area (Å²) in [5, 5.41) is 0. The van der Waals surface area contributed by atoms with Crippen molar-refractivity contribution < 1.29 is 4.74 Å². The molecular weight excluding hydrogens is 277 g/mol. The van der Waals surface area contributed by atoms with Crippen LogP contribution in [0.15, 0.2) is 6.20 Å². The van der Waals surface area contributed by atoms with Gasteiger partial charge in [-0.05, 0) is 48.3 Å². The van der Waals surface area contributed by atoms with Crippen LogP contribution in [0.2, 0.25) is 0 Å². The molecule has 0 aliphatic heterocycles. The molecule has 3 heteroatoms. The molecule has 0 saturated carbocycles. The number of hydrogen-bond donors (Lipinski definition) is 0. The van der Waals surface area contributed by atoms with Crippen molar-refractivity contribution in [2.45, 2.75) is 25.7 Å². The lowest BCUT2D eigenvalue weighted by molar-refractivity contribution is 0.401. The number of hydrogen-bond acceptors (Lipinski definition) is 2. The summed E-state index contributed by atoms with van der Waals surface area (Å²) in [5.41, 5.74) is 2.57. The minimum absolute atomic E-state index is 1.05. The molecule has 0 unspecified atom stereocenters. The normalized spacial score (nSPS) is 15.2. The maximum atomic E-state index is 5.40. The van der Waals surface area contributed by atoms with E-state index in [0.717, 1.165) is 22.2 Å². The number of aryl methyl sites for hydroxylation is 1. The Morgan fingerprint density at radius 2 is 2.15 bits per heavy atom. The predicted octanol–water partition coefficient (Wildman–Crippen LogP) is 2.57. The van der Waals surface area contributed by atoms with Crippen LogP contribution < -0.4 is 4.74 Å². The summed E-state index contributed by atoms with van der Waals surface area (Å²) in [7, 11) is 1.74. The molecule has 1 aliphatic rings. The third kappa shape index (κ3) is 1.66. The Hall–Kier alpha value is -0.320. The van der Waals surface area contributed by atoms with Crippen LogP contribution >= 0.6 is 22.6 Å². The second-order valence-corrected chi connectivity index (χ2v) is 4.43. The second kappa shape index (κ2) is 3.82. The van der Waals surface area contributed by atoms with E-state index in [1.54, 1.807) is 7.11 Å². The summed E-state index contributed by atoms with van der Waals surface area (Å²) in [6.07, 6.45) is 6.68. The molecule has 70 valence electrons. The lowest BCUT2D eigenvalue weighted by Gasteiger charge is -2.18. The van der Waals surface area contributed by atoms with Crippen LogP contribution in [-0.4, -0.2) is 12.1 Å². The fourth-order valence-corrected chi connectivity index (χ4v) is 2.52. The summed E-state index contributed by atoms with van der Waals surface area (Å²) < 4.78 is 6.52. The molecule has 0 atom stereocenters. The van der Waals surface area contributed by atoms with Gasteiger partial charge in [-0.25, -0.2) is 0 Å². The van der Waals surface area contributed by atoms with Gasteiger partial charge in [-0.15, -0.1) is 0 Å². The summed E-state index contributed by atoms with van der Waals surface area (Å²) in [5.74, 6) is 1.05. The van der Waals surface area contributed by atoms with Crippen molar-refractivity contribution in [2.75, 3.05) is 7.11 Å². The smallest absolute Gasteiger partial charge is 0.138 e. The fraction of sp³-hybridized carbons (Fsp3) is 0.500. The topological polar surface area (TPSA) is 22.1 Å². The molecule has 2 rings (SSSR count). The summed E-state index contributed by atoms with van der Waals surface area (Å²) in [6.45, 7) is 0. The first kappa shape index (κ1) is 9.24. The molecule has 0 radical (unpaired) electrons. The molecule has 1 aromatic heterocycles. The zero-order valence-corrected chi connectivity index (χ0v) is 9.80. The number of halogens is 1. The van der Waals surface area contributed by atoms with E-state index in [1.165, 1.54) is 24.1 Å². The highest BCUT2D eigenvalue weighted by Crippen LogP contribution is 2.31. The Morgan fingerprint density at radius 3 is 2.92 bits per heavy atom. The van der Waals surface area contributed by atoms with Gasteiger partial charge >= 0.3 is 0 Å². The van der Waals surface area contributed by atoms with E-state index < -0.39 is 0 Å². The Bertz CT molecular complexity index is 325. The van der Waals surface area contributed by atoms with Crippen LogP contribution in [0.1, 0.15) is 24.1 Å². The minimum atomic E-state index is 1.05. The first-order valence-electron chi connectivity index (χ1n) is 4.53. The van der Waals surface area contributed by atoms with Gasteiger partial charge in [0.1, 0.15) is 5.75 Å². The highest BCUT2D eigenvalue weighted by atomic mass is 127. The van der Waals surface area contributed by atoms with E-state index in [4.69, 9.17) is 4.74 Å². The average Bonchev–Trinajstić information content (AvgIpc) is 2.18. The van der Waals surface area contributed by atoms with E-state index >= 15 is 0 Å². The maximum absolute atomic E-state index is 5.40. The van der Waals surface area contributed by atoms with Gasteiger partial charge in [-0.1, -0.05) is 0 Å². The molecule has 1 aromatic rings. The third-order valence-electron chi connectivity index (χ3n) is 2.47. The van der Waals surface area contributed by atoms with Gasteiger partial charge in [-0.3, -0.25) is 4.98 Å². The summed E-state index contributed by atoms with van der Waals surface area (Å²) in [4.78, 5) is 4.44. The number of aromatic nitrogens is 1. The van der Waals surface area contributed by atoms with Crippen LogP contribution in [0.25, 0.3) is 0 Å². The van der Waals surface area contributed by atoms with Gasteiger partial charge in [0.25, 0.3) is 0 Å². The quantitative estimate of drug-likeness (QED) is 0.741. The predicted molar refractivity (Wildman–Crippen MR) is 60.1 cm³/mol. The van der Waals surface area contributed by atoms with Crippen LogP contribution in [0, 0.1) is 3.57 Å². The summed E-state index contributed by atoms with van der Waals surface area (Å²) >= 11 is 2.28. The largest absolute Gasteiger partial charge is 0.495 e. The fourth-order valence-electron chi connectivity index (χ4n) is 1.83. The molecule has 2 nitrogen and oxygen atoms in total. The molecule has 0 bridgehead atoms. The highest BCUT2D eigenvalue weighted by molar-refractivity contribution is 14.1. The number of pyridine rings is 1. The number of ether oxygens (including phenoxy) is 1. The lowest BCUT2D eigenvalue weighted by Crippen LogP contribution is -2.08. The van der Waals surface area contributed by atoms with Crippen LogP contribution in [-0.2, 0) is 12.8 Å². The van der Waals surface area contributed by atoms with Gasteiger partial charge in [0.05, 0.1) is 10.7 Å². The molecule has 1 aliphatic carbocycles. The van der Waals surface area contributed by atoms with E-state index in [1.807, 2.05) is 6.20 Å². The average molecular weight is 289 g/mol. The van der Waals surface area contributed by atoms with Crippen LogP contribution in [0.3, 0.4) is 0 Å². The van der Waals surface area contributed by atoms with Crippen molar-refractivity contribution >= 4 is 22.6 Å². The molecule has 0 spiro atoms. The molecule has 0 amide bonds. The van der Waals surface area contributed by atoms with E-state index in [-0.39, 0.29) is 0 Å². The van der Waals surface area contributed by atoms with Crippen molar-refractivity contribution in [2.24, 2.45) is 0 Å². The SMILES string of the molecule is COc1c(I)cnc2c1CCCC2. The first-order valence-corrected chi connectivity index (χ1v) is 5.61. The van der Waals surface area contributed by atoms with Gasteiger partial charge in [0.2, 0.25) is 0 Å². The van der Waals surface area contributed by atoms with Crippen LogP contribution in [0.5, 0.6) is 5.75 Å². The monoisotopic (exact) mass is 289 g/mol. The lowest BCUT2D eigenvalue weighted by atomic mass is 9.95. The Morgan fingerprint density at radius 1 is 1.38 bits per heavy atom. The first-order chi connectivity index (χ1) is 6.33. The highest BCUT2D eigenvalue weighted by Gasteiger charge is 2.16. The molecule has 0 fully saturated rings. The third-order valence-corrected chi connectivity index (χ3v) is 3.24. The van der Waals surface area contributed by atoms with Gasteiger partial charge in [0, 0.05) is 17.5 Å². The van der Waals surface area contributed by atoms with E-state index in [9.17, 15) is 0 Å². The molecule has 0 saturated heterocycles. The minimum Gasteiger partial charge on any atom is -0.495 e. The standard InChI is InChI=1S/C10H12INO/c1-13-10-7-4-2-3-5-9(7)12-6-8(10)11/h6H,2-5H2,1H3. The maximum Gasteiger partial charge on any atom is 0.138 e. The second-order valence-electron chi connectivity index (χ2n) is 3.27. The van der Waals surface area contributed by atoms with Crippen molar-refractivity contribution in [1.29, 1.82) is 0 Å². The molecule has 1 heterocycles. The summed E-state index contributed by atoms with van der Waals surface area (Å²) in [6, 6.07) is 0. The van der Waals surface area contributed by atoms with E-state index in [0.29, 0.717) is 0 Å². The number of nitrogens with zero attached hydrogens (tertiary/aromatic N) is 1. The number of fused-ring (bicyclic) bond motifs is 1. The van der Waals surface area contributed by atoms with Crippen molar-refractivity contribution in [3.63, 3.8) is 0 Å². The molecular formula is C10H12INO. The number of rotatable bonds is 1. The van der Waals surface area contributed by atoms with E-state index in [2.05, 4.69) is 27.6 Å². The Labute approximate surface area is 91.8 Å². The zero-order chi connectivity index (χ0) is 9.26. The van der Waals surface area contributed by atoms with Crippen molar-refractivity contribution in [1.82, 2.24) is 4.98 Å². The molecule has 13 heavy (non-hydrogen) atoms. The molecule has 0 aromatic carbocycles. The number of methoxy groups -OCH3 is 1. The van der Waals surface area contributed by atoms with Gasteiger partial charge in [-0.2, -0.15) is 0 Å². The van der Waals surface area contributed by atoms with Gasteiger partial charge in [0.15, 0.2) is 0 Å².